The number of para-hydroxylation sites is 1. The van der Waals surface area contributed by atoms with Crippen molar-refractivity contribution in [3.63, 3.8) is 0 Å². The average molecular weight is 378 g/mol. The molecule has 28 heavy (non-hydrogen) atoms. The summed E-state index contributed by atoms with van der Waals surface area (Å²) in [5, 5.41) is 6.75. The van der Waals surface area contributed by atoms with Crippen molar-refractivity contribution < 1.29 is 18.8 Å². The van der Waals surface area contributed by atoms with Crippen molar-refractivity contribution in [3.05, 3.63) is 71.5 Å². The summed E-state index contributed by atoms with van der Waals surface area (Å²) in [6.45, 7) is 5.33. The largest absolute Gasteiger partial charge is 0.452 e. The van der Waals surface area contributed by atoms with Crippen LogP contribution in [0.1, 0.15) is 41.4 Å². The molecule has 144 valence electrons. The molecule has 0 aliphatic heterocycles. The number of nitrogens with zero attached hydrogens (tertiary/aromatic N) is 1. The number of ether oxygens (including phenoxy) is 1. The van der Waals surface area contributed by atoms with E-state index in [2.05, 4.69) is 10.5 Å². The number of rotatable bonds is 6. The quantitative estimate of drug-likeness (QED) is 0.636. The number of hydrogen-bond donors (Lipinski definition) is 1. The molecule has 0 saturated carbocycles. The number of carbonyl (C=O) groups is 2. The highest BCUT2D eigenvalue weighted by Gasteiger charge is 2.23. The van der Waals surface area contributed by atoms with Gasteiger partial charge >= 0.3 is 5.97 Å². The van der Waals surface area contributed by atoms with E-state index in [9.17, 15) is 9.59 Å². The van der Waals surface area contributed by atoms with E-state index >= 15 is 0 Å². The number of aryl methyl sites for hydroxylation is 1. The smallest absolute Gasteiger partial charge is 0.344 e. The predicted octanol–water partition coefficient (Wildman–Crippen LogP) is 4.57. The highest BCUT2D eigenvalue weighted by molar-refractivity contribution is 5.99. The molecule has 6 nitrogen and oxygen atoms in total. The van der Waals surface area contributed by atoms with Gasteiger partial charge in [-0.15, -0.1) is 0 Å². The molecule has 3 aromatic rings. The molecule has 0 fully saturated rings. The maximum absolute atomic E-state index is 12.6. The Labute approximate surface area is 163 Å². The molecule has 0 aliphatic rings. The van der Waals surface area contributed by atoms with E-state index in [1.165, 1.54) is 0 Å². The van der Waals surface area contributed by atoms with Crippen LogP contribution >= 0.6 is 0 Å². The van der Waals surface area contributed by atoms with Crippen LogP contribution in [0.5, 0.6) is 0 Å². The summed E-state index contributed by atoms with van der Waals surface area (Å²) >= 11 is 0. The Bertz CT molecular complexity index is 977. The highest BCUT2D eigenvalue weighted by Crippen LogP contribution is 2.26. The lowest BCUT2D eigenvalue weighted by atomic mass is 10.0. The van der Waals surface area contributed by atoms with Crippen molar-refractivity contribution in [1.82, 2.24) is 5.16 Å². The topological polar surface area (TPSA) is 81.4 Å². The van der Waals surface area contributed by atoms with Gasteiger partial charge in [0, 0.05) is 11.3 Å². The van der Waals surface area contributed by atoms with Crippen LogP contribution < -0.4 is 5.32 Å². The lowest BCUT2D eigenvalue weighted by Gasteiger charge is -2.13. The molecule has 1 amide bonds. The summed E-state index contributed by atoms with van der Waals surface area (Å²) in [7, 11) is 0. The van der Waals surface area contributed by atoms with Gasteiger partial charge in [-0.2, -0.15) is 0 Å². The normalized spacial score (nSPS) is 10.7. The Morgan fingerprint density at radius 2 is 1.75 bits per heavy atom. The van der Waals surface area contributed by atoms with Crippen LogP contribution in [0.25, 0.3) is 11.3 Å². The third-order valence-corrected chi connectivity index (χ3v) is 4.31. The summed E-state index contributed by atoms with van der Waals surface area (Å²) in [4.78, 5) is 24.8. The monoisotopic (exact) mass is 378 g/mol. The Kier molecular flexibility index (Phi) is 5.89. The molecule has 6 heteroatoms. The van der Waals surface area contributed by atoms with E-state index in [1.54, 1.807) is 6.92 Å². The first-order chi connectivity index (χ1) is 13.5. The van der Waals surface area contributed by atoms with Gasteiger partial charge in [-0.05, 0) is 24.5 Å². The first-order valence-electron chi connectivity index (χ1n) is 9.05. The lowest BCUT2D eigenvalue weighted by molar-refractivity contribution is -0.119. The minimum atomic E-state index is -0.648. The van der Waals surface area contributed by atoms with Crippen LogP contribution in [0, 0.1) is 6.92 Å². The molecule has 0 atom stereocenters. The molecule has 3 rings (SSSR count). The van der Waals surface area contributed by atoms with Gasteiger partial charge in [0.2, 0.25) is 0 Å². The maximum atomic E-state index is 12.6. The molecule has 1 heterocycles. The van der Waals surface area contributed by atoms with E-state index in [0.29, 0.717) is 17.1 Å². The number of benzene rings is 2. The molecule has 0 bridgehead atoms. The fourth-order valence-corrected chi connectivity index (χ4v) is 2.91. The fourth-order valence-electron chi connectivity index (χ4n) is 2.91. The Morgan fingerprint density at radius 1 is 1.07 bits per heavy atom. The summed E-state index contributed by atoms with van der Waals surface area (Å²) in [6.07, 6.45) is 0. The maximum Gasteiger partial charge on any atom is 0.344 e. The Morgan fingerprint density at radius 3 is 2.46 bits per heavy atom. The Balaban J connectivity index is 1.69. The summed E-state index contributed by atoms with van der Waals surface area (Å²) in [5.74, 6) is -0.455. The molecule has 2 aromatic carbocycles. The Hall–Kier alpha value is -3.41. The van der Waals surface area contributed by atoms with Crippen molar-refractivity contribution in [2.45, 2.75) is 26.7 Å². The third kappa shape index (κ3) is 4.28. The van der Waals surface area contributed by atoms with Crippen molar-refractivity contribution in [2.24, 2.45) is 0 Å². The number of esters is 1. The number of anilines is 1. The average Bonchev–Trinajstić information content (AvgIpc) is 3.08. The van der Waals surface area contributed by atoms with E-state index in [0.717, 1.165) is 11.1 Å². The van der Waals surface area contributed by atoms with Crippen molar-refractivity contribution in [2.75, 3.05) is 11.9 Å². The number of amides is 1. The standard InChI is InChI=1S/C22H22N2O4/c1-14(2)17-11-7-8-12-18(17)23-19(25)13-27-22(26)20-15(3)28-24-21(20)16-9-5-4-6-10-16/h4-12,14H,13H2,1-3H3,(H,23,25). The van der Waals surface area contributed by atoms with Gasteiger partial charge in [0.15, 0.2) is 6.61 Å². The van der Waals surface area contributed by atoms with Gasteiger partial charge in [-0.25, -0.2) is 4.79 Å². The minimum absolute atomic E-state index is 0.224. The molecule has 0 saturated heterocycles. The van der Waals surface area contributed by atoms with E-state index in [1.807, 2.05) is 68.4 Å². The van der Waals surface area contributed by atoms with Gasteiger partial charge in [0.1, 0.15) is 17.0 Å². The molecule has 1 aromatic heterocycles. The van der Waals surface area contributed by atoms with Gasteiger partial charge in [-0.3, -0.25) is 4.79 Å². The van der Waals surface area contributed by atoms with Crippen LogP contribution in [0.15, 0.2) is 59.1 Å². The third-order valence-electron chi connectivity index (χ3n) is 4.31. The summed E-state index contributed by atoms with van der Waals surface area (Å²) < 4.78 is 10.4. The highest BCUT2D eigenvalue weighted by atomic mass is 16.5. The number of carbonyl (C=O) groups excluding carboxylic acids is 2. The second-order valence-electron chi connectivity index (χ2n) is 6.69. The minimum Gasteiger partial charge on any atom is -0.452 e. The van der Waals surface area contributed by atoms with E-state index in [-0.39, 0.29) is 11.5 Å². The zero-order valence-electron chi connectivity index (χ0n) is 16.1. The molecule has 1 N–H and O–H groups in total. The van der Waals surface area contributed by atoms with Crippen LogP contribution in [0.2, 0.25) is 0 Å². The first-order valence-corrected chi connectivity index (χ1v) is 9.05. The second kappa shape index (κ2) is 8.52. The molecule has 0 spiro atoms. The van der Waals surface area contributed by atoms with Crippen LogP contribution in [-0.4, -0.2) is 23.6 Å². The van der Waals surface area contributed by atoms with Gasteiger partial charge in [0.05, 0.1) is 0 Å². The van der Waals surface area contributed by atoms with Crippen molar-refractivity contribution in [3.8, 4) is 11.3 Å². The molecular weight excluding hydrogens is 356 g/mol. The van der Waals surface area contributed by atoms with Gasteiger partial charge in [-0.1, -0.05) is 67.5 Å². The van der Waals surface area contributed by atoms with Gasteiger partial charge in [0.25, 0.3) is 5.91 Å². The molecule has 0 radical (unpaired) electrons. The van der Waals surface area contributed by atoms with E-state index in [4.69, 9.17) is 9.26 Å². The van der Waals surface area contributed by atoms with Gasteiger partial charge < -0.3 is 14.6 Å². The molecular formula is C22H22N2O4. The summed E-state index contributed by atoms with van der Waals surface area (Å²) in [6, 6.07) is 16.7. The van der Waals surface area contributed by atoms with Crippen molar-refractivity contribution >= 4 is 17.6 Å². The number of nitrogens with one attached hydrogen (secondary N) is 1. The summed E-state index contributed by atoms with van der Waals surface area (Å²) in [5.41, 5.74) is 3.09. The van der Waals surface area contributed by atoms with E-state index < -0.39 is 18.5 Å². The SMILES string of the molecule is Cc1onc(-c2ccccc2)c1C(=O)OCC(=O)Nc1ccccc1C(C)C. The van der Waals surface area contributed by atoms with Crippen LogP contribution in [-0.2, 0) is 9.53 Å². The van der Waals surface area contributed by atoms with Crippen molar-refractivity contribution in [1.29, 1.82) is 0 Å². The number of hydrogen-bond acceptors (Lipinski definition) is 5. The fraction of sp³-hybridized carbons (Fsp3) is 0.227. The zero-order valence-corrected chi connectivity index (χ0v) is 16.1. The van der Waals surface area contributed by atoms with Crippen LogP contribution in [0.3, 0.4) is 0 Å². The second-order valence-corrected chi connectivity index (χ2v) is 6.69. The lowest BCUT2D eigenvalue weighted by Crippen LogP contribution is -2.22. The number of aromatic nitrogens is 1. The zero-order chi connectivity index (χ0) is 20.1. The molecule has 0 unspecified atom stereocenters. The predicted molar refractivity (Wildman–Crippen MR) is 106 cm³/mol. The van der Waals surface area contributed by atoms with Crippen LogP contribution in [0.4, 0.5) is 5.69 Å². The molecule has 0 aliphatic carbocycles. The first kappa shape index (κ1) is 19.4.